The van der Waals surface area contributed by atoms with E-state index in [9.17, 15) is 9.59 Å². The zero-order valence-corrected chi connectivity index (χ0v) is 11.8. The van der Waals surface area contributed by atoms with Crippen molar-refractivity contribution in [1.29, 1.82) is 0 Å². The highest BCUT2D eigenvalue weighted by Gasteiger charge is 2.10. The number of benzene rings is 1. The standard InChI is InChI=1S/C12H14Cl2N2O3/c1-16(6-2-3-11(17)18)12(19)15-8-4-5-9(13)10(14)7-8/h4-5,7H,2-3,6H2,1H3,(H,15,19)(H,17,18). The third-order valence-electron chi connectivity index (χ3n) is 2.40. The number of carbonyl (C=O) groups excluding carboxylic acids is 1. The van der Waals surface area contributed by atoms with Crippen LogP contribution in [0.2, 0.25) is 10.0 Å². The monoisotopic (exact) mass is 304 g/mol. The number of nitrogens with one attached hydrogen (secondary N) is 1. The second kappa shape index (κ2) is 7.21. The Morgan fingerprint density at radius 1 is 1.32 bits per heavy atom. The van der Waals surface area contributed by atoms with Gasteiger partial charge in [0.2, 0.25) is 0 Å². The molecule has 0 aliphatic rings. The fourth-order valence-corrected chi connectivity index (χ4v) is 1.66. The van der Waals surface area contributed by atoms with Gasteiger partial charge in [-0.1, -0.05) is 23.2 Å². The first-order valence-electron chi connectivity index (χ1n) is 5.59. The minimum atomic E-state index is -0.877. The molecule has 0 spiro atoms. The Morgan fingerprint density at radius 3 is 2.58 bits per heavy atom. The number of halogens is 2. The maximum atomic E-state index is 11.8. The van der Waals surface area contributed by atoms with E-state index in [-0.39, 0.29) is 12.5 Å². The number of anilines is 1. The van der Waals surface area contributed by atoms with E-state index in [0.717, 1.165) is 0 Å². The summed E-state index contributed by atoms with van der Waals surface area (Å²) in [6, 6.07) is 4.44. The molecule has 7 heteroatoms. The van der Waals surface area contributed by atoms with E-state index < -0.39 is 5.97 Å². The van der Waals surface area contributed by atoms with Gasteiger partial charge in [-0.05, 0) is 24.6 Å². The molecule has 0 aliphatic heterocycles. The average molecular weight is 305 g/mol. The summed E-state index contributed by atoms with van der Waals surface area (Å²) in [5.41, 5.74) is 0.532. The first kappa shape index (κ1) is 15.6. The number of carboxylic acids is 1. The largest absolute Gasteiger partial charge is 0.481 e. The minimum Gasteiger partial charge on any atom is -0.481 e. The van der Waals surface area contributed by atoms with Gasteiger partial charge in [0, 0.05) is 25.7 Å². The third kappa shape index (κ3) is 5.36. The highest BCUT2D eigenvalue weighted by atomic mass is 35.5. The predicted molar refractivity (Wildman–Crippen MR) is 75.0 cm³/mol. The molecule has 104 valence electrons. The Labute approximate surface area is 121 Å². The van der Waals surface area contributed by atoms with Crippen LogP contribution in [0.1, 0.15) is 12.8 Å². The molecule has 2 amide bonds. The van der Waals surface area contributed by atoms with Crippen LogP contribution < -0.4 is 5.32 Å². The van der Waals surface area contributed by atoms with Crippen LogP contribution in [0.25, 0.3) is 0 Å². The molecule has 0 radical (unpaired) electrons. The topological polar surface area (TPSA) is 69.6 Å². The van der Waals surface area contributed by atoms with Crippen molar-refractivity contribution in [3.05, 3.63) is 28.2 Å². The number of nitrogens with zero attached hydrogens (tertiary/aromatic N) is 1. The van der Waals surface area contributed by atoms with E-state index in [4.69, 9.17) is 28.3 Å². The van der Waals surface area contributed by atoms with Crippen LogP contribution in [0.5, 0.6) is 0 Å². The average Bonchev–Trinajstić information content (AvgIpc) is 2.33. The van der Waals surface area contributed by atoms with Gasteiger partial charge in [-0.25, -0.2) is 4.79 Å². The summed E-state index contributed by atoms with van der Waals surface area (Å²) in [5, 5.41) is 11.9. The molecule has 0 saturated heterocycles. The Bertz CT molecular complexity index is 480. The first-order valence-corrected chi connectivity index (χ1v) is 6.34. The van der Waals surface area contributed by atoms with Gasteiger partial charge in [0.15, 0.2) is 0 Å². The molecule has 19 heavy (non-hydrogen) atoms. The van der Waals surface area contributed by atoms with Crippen LogP contribution in [0.3, 0.4) is 0 Å². The second-order valence-electron chi connectivity index (χ2n) is 3.98. The summed E-state index contributed by atoms with van der Waals surface area (Å²) in [6.07, 6.45) is 0.436. The first-order chi connectivity index (χ1) is 8.90. The number of carbonyl (C=O) groups is 2. The molecule has 0 saturated carbocycles. The SMILES string of the molecule is CN(CCCC(=O)O)C(=O)Nc1ccc(Cl)c(Cl)c1. The highest BCUT2D eigenvalue weighted by molar-refractivity contribution is 6.42. The lowest BCUT2D eigenvalue weighted by molar-refractivity contribution is -0.137. The summed E-state index contributed by atoms with van der Waals surface area (Å²) >= 11 is 11.6. The van der Waals surface area contributed by atoms with Gasteiger partial charge < -0.3 is 15.3 Å². The lowest BCUT2D eigenvalue weighted by Crippen LogP contribution is -2.32. The summed E-state index contributed by atoms with van der Waals surface area (Å²) in [7, 11) is 1.59. The second-order valence-corrected chi connectivity index (χ2v) is 4.79. The molecular formula is C12H14Cl2N2O3. The summed E-state index contributed by atoms with van der Waals surface area (Å²) in [5.74, 6) is -0.877. The lowest BCUT2D eigenvalue weighted by atomic mass is 10.3. The molecule has 0 atom stereocenters. The van der Waals surface area contributed by atoms with Crippen molar-refractivity contribution >= 4 is 40.9 Å². The molecule has 0 fully saturated rings. The normalized spacial score (nSPS) is 10.1. The van der Waals surface area contributed by atoms with Crippen molar-refractivity contribution < 1.29 is 14.7 Å². The number of carboxylic acid groups (broad SMARTS) is 1. The molecule has 0 unspecified atom stereocenters. The molecule has 1 rings (SSSR count). The fourth-order valence-electron chi connectivity index (χ4n) is 1.36. The van der Waals surface area contributed by atoms with Gasteiger partial charge in [-0.2, -0.15) is 0 Å². The Kier molecular flexibility index (Phi) is 5.92. The van der Waals surface area contributed by atoms with E-state index in [1.165, 1.54) is 4.90 Å². The Balaban J connectivity index is 2.49. The van der Waals surface area contributed by atoms with Gasteiger partial charge >= 0.3 is 12.0 Å². The maximum Gasteiger partial charge on any atom is 0.321 e. The summed E-state index contributed by atoms with van der Waals surface area (Å²) in [6.45, 7) is 0.361. The quantitative estimate of drug-likeness (QED) is 0.876. The van der Waals surface area contributed by atoms with Crippen molar-refractivity contribution in [2.45, 2.75) is 12.8 Å². The zero-order valence-electron chi connectivity index (χ0n) is 10.3. The maximum absolute atomic E-state index is 11.8. The van der Waals surface area contributed by atoms with E-state index >= 15 is 0 Å². The van der Waals surface area contributed by atoms with Crippen LogP contribution >= 0.6 is 23.2 Å². The molecule has 5 nitrogen and oxygen atoms in total. The highest BCUT2D eigenvalue weighted by Crippen LogP contribution is 2.25. The predicted octanol–water partition coefficient (Wildman–Crippen LogP) is 3.32. The molecular weight excluding hydrogens is 291 g/mol. The molecule has 1 aromatic rings. The van der Waals surface area contributed by atoms with Gasteiger partial charge in [-0.3, -0.25) is 4.79 Å². The Hall–Kier alpha value is -1.46. The van der Waals surface area contributed by atoms with Gasteiger partial charge in [0.05, 0.1) is 10.0 Å². The van der Waals surface area contributed by atoms with Crippen molar-refractivity contribution in [3.8, 4) is 0 Å². The van der Waals surface area contributed by atoms with E-state index in [1.807, 2.05) is 0 Å². The number of hydrogen-bond acceptors (Lipinski definition) is 2. The number of aliphatic carboxylic acids is 1. The van der Waals surface area contributed by atoms with Crippen LogP contribution in [-0.4, -0.2) is 35.6 Å². The van der Waals surface area contributed by atoms with Crippen LogP contribution in [0.15, 0.2) is 18.2 Å². The van der Waals surface area contributed by atoms with Crippen LogP contribution in [0, 0.1) is 0 Å². The molecule has 0 bridgehead atoms. The number of rotatable bonds is 5. The molecule has 0 heterocycles. The summed E-state index contributed by atoms with van der Waals surface area (Å²) in [4.78, 5) is 23.5. The smallest absolute Gasteiger partial charge is 0.321 e. The molecule has 1 aromatic carbocycles. The van der Waals surface area contributed by atoms with Crippen molar-refractivity contribution in [2.24, 2.45) is 0 Å². The van der Waals surface area contributed by atoms with Crippen LogP contribution in [-0.2, 0) is 4.79 Å². The third-order valence-corrected chi connectivity index (χ3v) is 3.14. The number of urea groups is 1. The van der Waals surface area contributed by atoms with Crippen LogP contribution in [0.4, 0.5) is 10.5 Å². The van der Waals surface area contributed by atoms with E-state index in [2.05, 4.69) is 5.32 Å². The van der Waals surface area contributed by atoms with Gasteiger partial charge in [0.25, 0.3) is 0 Å². The van der Waals surface area contributed by atoms with Crippen molar-refractivity contribution in [2.75, 3.05) is 18.9 Å². The van der Waals surface area contributed by atoms with Gasteiger partial charge in [0.1, 0.15) is 0 Å². The number of amides is 2. The van der Waals surface area contributed by atoms with E-state index in [0.29, 0.717) is 28.7 Å². The fraction of sp³-hybridized carbons (Fsp3) is 0.333. The molecule has 2 N–H and O–H groups in total. The summed E-state index contributed by atoms with van der Waals surface area (Å²) < 4.78 is 0. The number of hydrogen-bond donors (Lipinski definition) is 2. The van der Waals surface area contributed by atoms with Gasteiger partial charge in [-0.15, -0.1) is 0 Å². The molecule has 0 aromatic heterocycles. The lowest BCUT2D eigenvalue weighted by Gasteiger charge is -2.17. The molecule has 0 aliphatic carbocycles. The van der Waals surface area contributed by atoms with Crippen molar-refractivity contribution in [1.82, 2.24) is 4.90 Å². The van der Waals surface area contributed by atoms with Crippen molar-refractivity contribution in [3.63, 3.8) is 0 Å². The minimum absolute atomic E-state index is 0.0321. The zero-order chi connectivity index (χ0) is 14.4. The van der Waals surface area contributed by atoms with E-state index in [1.54, 1.807) is 25.2 Å². The Morgan fingerprint density at radius 2 is 2.00 bits per heavy atom.